The molecule has 0 bridgehead atoms. The van der Waals surface area contributed by atoms with E-state index in [9.17, 15) is 9.18 Å². The number of ether oxygens (including phenoxy) is 1. The predicted molar refractivity (Wildman–Crippen MR) is 92.1 cm³/mol. The summed E-state index contributed by atoms with van der Waals surface area (Å²) >= 11 is 1.52. The number of benzene rings is 1. The normalized spacial score (nSPS) is 16.6. The first-order valence-electron chi connectivity index (χ1n) is 8.01. The van der Waals surface area contributed by atoms with E-state index in [1.165, 1.54) is 40.5 Å². The number of nitrogens with zero attached hydrogens (tertiary/aromatic N) is 1. The minimum Gasteiger partial charge on any atom is -0.481 e. The highest BCUT2D eigenvalue weighted by atomic mass is 32.1. The molecule has 7 heteroatoms. The van der Waals surface area contributed by atoms with Crippen LogP contribution in [0, 0.1) is 5.82 Å². The van der Waals surface area contributed by atoms with Crippen molar-refractivity contribution in [2.75, 3.05) is 18.4 Å². The first kappa shape index (κ1) is 16.9. The Balaban J connectivity index is 1.55. The van der Waals surface area contributed by atoms with Crippen LogP contribution >= 0.6 is 11.3 Å². The van der Waals surface area contributed by atoms with Crippen molar-refractivity contribution in [1.82, 2.24) is 10.3 Å². The van der Waals surface area contributed by atoms with Crippen LogP contribution in [0.5, 0.6) is 5.75 Å². The molecule has 2 aromatic rings. The van der Waals surface area contributed by atoms with Gasteiger partial charge < -0.3 is 10.1 Å². The molecule has 24 heavy (non-hydrogen) atoms. The van der Waals surface area contributed by atoms with Gasteiger partial charge in [-0.2, -0.15) is 0 Å². The third-order valence-electron chi connectivity index (χ3n) is 3.99. The van der Waals surface area contributed by atoms with E-state index in [-0.39, 0.29) is 11.7 Å². The first-order chi connectivity index (χ1) is 11.6. The molecule has 1 aromatic heterocycles. The molecule has 128 valence electrons. The number of amides is 1. The lowest BCUT2D eigenvalue weighted by molar-refractivity contribution is -0.122. The maximum absolute atomic E-state index is 12.9. The Morgan fingerprint density at radius 2 is 2.08 bits per heavy atom. The second kappa shape index (κ2) is 7.72. The number of aromatic nitrogens is 1. The molecular formula is C17H20FN3O2S. The van der Waals surface area contributed by atoms with Crippen molar-refractivity contribution in [2.45, 2.75) is 31.8 Å². The van der Waals surface area contributed by atoms with Gasteiger partial charge in [-0.1, -0.05) is 0 Å². The Bertz CT molecular complexity index is 683. The van der Waals surface area contributed by atoms with Crippen molar-refractivity contribution in [3.63, 3.8) is 0 Å². The summed E-state index contributed by atoms with van der Waals surface area (Å²) in [6.07, 6.45) is 3.35. The van der Waals surface area contributed by atoms with Gasteiger partial charge in [0.25, 0.3) is 5.91 Å². The van der Waals surface area contributed by atoms with Crippen LogP contribution < -0.4 is 15.4 Å². The molecule has 1 aromatic carbocycles. The van der Waals surface area contributed by atoms with Gasteiger partial charge in [0.15, 0.2) is 11.2 Å². The first-order valence-corrected chi connectivity index (χ1v) is 8.83. The van der Waals surface area contributed by atoms with E-state index in [1.807, 2.05) is 6.20 Å². The van der Waals surface area contributed by atoms with E-state index in [0.29, 0.717) is 16.8 Å². The van der Waals surface area contributed by atoms with Gasteiger partial charge in [-0.3, -0.25) is 10.1 Å². The lowest BCUT2D eigenvalue weighted by Crippen LogP contribution is -2.30. The highest BCUT2D eigenvalue weighted by Gasteiger charge is 2.20. The average molecular weight is 349 g/mol. The molecule has 1 aliphatic heterocycles. The van der Waals surface area contributed by atoms with E-state index in [0.717, 1.165) is 25.9 Å². The monoisotopic (exact) mass is 349 g/mol. The van der Waals surface area contributed by atoms with Crippen LogP contribution in [0.2, 0.25) is 0 Å². The van der Waals surface area contributed by atoms with Gasteiger partial charge in [0.1, 0.15) is 11.6 Å². The summed E-state index contributed by atoms with van der Waals surface area (Å²) in [7, 11) is 0. The van der Waals surface area contributed by atoms with Crippen molar-refractivity contribution >= 4 is 22.4 Å². The topological polar surface area (TPSA) is 63.2 Å². The Morgan fingerprint density at radius 3 is 2.79 bits per heavy atom. The number of carbonyl (C=O) groups excluding carboxylic acids is 1. The molecule has 0 spiro atoms. The Hall–Kier alpha value is -1.99. The van der Waals surface area contributed by atoms with Crippen LogP contribution in [0.1, 0.15) is 30.6 Å². The van der Waals surface area contributed by atoms with Gasteiger partial charge in [0.2, 0.25) is 0 Å². The largest absolute Gasteiger partial charge is 0.481 e. The maximum Gasteiger partial charge on any atom is 0.266 e. The lowest BCUT2D eigenvalue weighted by atomic mass is 9.97. The average Bonchev–Trinajstić information content (AvgIpc) is 3.06. The highest BCUT2D eigenvalue weighted by molar-refractivity contribution is 7.15. The van der Waals surface area contributed by atoms with Crippen LogP contribution in [0.4, 0.5) is 9.52 Å². The molecule has 5 nitrogen and oxygen atoms in total. The zero-order valence-corrected chi connectivity index (χ0v) is 14.2. The second-order valence-corrected chi connectivity index (χ2v) is 6.86. The molecule has 1 aliphatic rings. The van der Waals surface area contributed by atoms with Crippen LogP contribution in [0.25, 0.3) is 0 Å². The SMILES string of the molecule is CC(Oc1ccc(F)cc1)C(=O)Nc1ncc(C2CCNCC2)s1. The van der Waals surface area contributed by atoms with Crippen LogP contribution in [0.3, 0.4) is 0 Å². The molecule has 0 saturated carbocycles. The minimum absolute atomic E-state index is 0.273. The summed E-state index contributed by atoms with van der Waals surface area (Å²) in [6.45, 7) is 3.69. The molecule has 1 saturated heterocycles. The lowest BCUT2D eigenvalue weighted by Gasteiger charge is -2.20. The number of thiazole rings is 1. The third kappa shape index (κ3) is 4.30. The van der Waals surface area contributed by atoms with Gasteiger partial charge in [-0.25, -0.2) is 9.37 Å². The zero-order valence-electron chi connectivity index (χ0n) is 13.4. The van der Waals surface area contributed by atoms with Crippen molar-refractivity contribution in [3.05, 3.63) is 41.2 Å². The van der Waals surface area contributed by atoms with E-state index < -0.39 is 6.10 Å². The van der Waals surface area contributed by atoms with E-state index in [1.54, 1.807) is 6.92 Å². The number of hydrogen-bond acceptors (Lipinski definition) is 5. The predicted octanol–water partition coefficient (Wildman–Crippen LogP) is 3.16. The van der Waals surface area contributed by atoms with Crippen molar-refractivity contribution < 1.29 is 13.9 Å². The summed E-state index contributed by atoms with van der Waals surface area (Å²) in [5, 5.41) is 6.71. The molecule has 3 rings (SSSR count). The smallest absolute Gasteiger partial charge is 0.266 e. The number of anilines is 1. The van der Waals surface area contributed by atoms with Crippen molar-refractivity contribution in [3.8, 4) is 5.75 Å². The Kier molecular flexibility index (Phi) is 5.42. The minimum atomic E-state index is -0.693. The third-order valence-corrected chi connectivity index (χ3v) is 5.07. The molecular weight excluding hydrogens is 329 g/mol. The maximum atomic E-state index is 12.9. The number of rotatable bonds is 5. The van der Waals surface area contributed by atoms with Gasteiger partial charge >= 0.3 is 0 Å². The Morgan fingerprint density at radius 1 is 1.38 bits per heavy atom. The summed E-state index contributed by atoms with van der Waals surface area (Å²) in [4.78, 5) is 17.7. The molecule has 0 radical (unpaired) electrons. The summed E-state index contributed by atoms with van der Waals surface area (Å²) < 4.78 is 18.4. The molecule has 2 heterocycles. The van der Waals surface area contributed by atoms with Gasteiger partial charge in [-0.05, 0) is 63.0 Å². The number of nitrogens with one attached hydrogen (secondary N) is 2. The van der Waals surface area contributed by atoms with Gasteiger partial charge in [-0.15, -0.1) is 11.3 Å². The molecule has 0 aliphatic carbocycles. The fourth-order valence-corrected chi connectivity index (χ4v) is 3.61. The second-order valence-electron chi connectivity index (χ2n) is 5.80. The molecule has 1 unspecified atom stereocenters. The number of halogens is 1. The molecule has 1 fully saturated rings. The van der Waals surface area contributed by atoms with Crippen LogP contribution in [-0.4, -0.2) is 30.1 Å². The highest BCUT2D eigenvalue weighted by Crippen LogP contribution is 2.31. The molecule has 1 atom stereocenters. The van der Waals surface area contributed by atoms with Crippen molar-refractivity contribution in [1.29, 1.82) is 0 Å². The summed E-state index contributed by atoms with van der Waals surface area (Å²) in [5.74, 6) is 0.356. The number of piperidine rings is 1. The van der Waals surface area contributed by atoms with E-state index in [4.69, 9.17) is 4.74 Å². The quantitative estimate of drug-likeness (QED) is 0.870. The fourth-order valence-electron chi connectivity index (χ4n) is 2.62. The summed E-state index contributed by atoms with van der Waals surface area (Å²) in [6, 6.07) is 5.59. The van der Waals surface area contributed by atoms with E-state index in [2.05, 4.69) is 15.6 Å². The van der Waals surface area contributed by atoms with Crippen molar-refractivity contribution in [2.24, 2.45) is 0 Å². The Labute approximate surface area is 144 Å². The molecule has 2 N–H and O–H groups in total. The number of carbonyl (C=O) groups is 1. The summed E-state index contributed by atoms with van der Waals surface area (Å²) in [5.41, 5.74) is 0. The standard InChI is InChI=1S/C17H20FN3O2S/c1-11(23-14-4-2-13(18)3-5-14)16(22)21-17-20-10-15(24-17)12-6-8-19-9-7-12/h2-5,10-12,19H,6-9H2,1H3,(H,20,21,22). The van der Waals surface area contributed by atoms with Crippen LogP contribution in [-0.2, 0) is 4.79 Å². The van der Waals surface area contributed by atoms with Gasteiger partial charge in [0.05, 0.1) is 0 Å². The van der Waals surface area contributed by atoms with Crippen LogP contribution in [0.15, 0.2) is 30.5 Å². The number of hydrogen-bond donors (Lipinski definition) is 2. The van der Waals surface area contributed by atoms with Gasteiger partial charge in [0, 0.05) is 11.1 Å². The fraction of sp³-hybridized carbons (Fsp3) is 0.412. The zero-order chi connectivity index (χ0) is 16.9. The molecule has 1 amide bonds. The van der Waals surface area contributed by atoms with E-state index >= 15 is 0 Å².